The van der Waals surface area contributed by atoms with Gasteiger partial charge in [-0.1, -0.05) is 6.42 Å². The third kappa shape index (κ3) is 2.76. The highest BCUT2D eigenvalue weighted by Crippen LogP contribution is 2.17. The first-order valence-corrected chi connectivity index (χ1v) is 7.62. The summed E-state index contributed by atoms with van der Waals surface area (Å²) in [7, 11) is 0. The fourth-order valence-electron chi connectivity index (χ4n) is 2.54. The third-order valence-corrected chi connectivity index (χ3v) is 4.44. The minimum absolute atomic E-state index is 0.0511. The van der Waals surface area contributed by atoms with E-state index in [0.717, 1.165) is 53.5 Å². The molecule has 0 aliphatic heterocycles. The van der Waals surface area contributed by atoms with Gasteiger partial charge in [-0.25, -0.2) is 9.97 Å². The van der Waals surface area contributed by atoms with Crippen molar-refractivity contribution in [2.75, 3.05) is 0 Å². The zero-order valence-corrected chi connectivity index (χ0v) is 11.8. The van der Waals surface area contributed by atoms with Crippen LogP contribution in [0.3, 0.4) is 0 Å². The van der Waals surface area contributed by atoms with Gasteiger partial charge in [0.1, 0.15) is 10.8 Å². The number of fused-ring (bicyclic) bond motifs is 1. The lowest BCUT2D eigenvalue weighted by molar-refractivity contribution is 0.708. The number of rotatable bonds is 2. The Labute approximate surface area is 115 Å². The monoisotopic (exact) mass is 275 g/mol. The summed E-state index contributed by atoms with van der Waals surface area (Å²) in [5, 5.41) is 3.03. The summed E-state index contributed by atoms with van der Waals surface area (Å²) in [6.07, 6.45) is 5.86. The molecule has 0 radical (unpaired) electrons. The Hall–Kier alpha value is -1.49. The summed E-state index contributed by atoms with van der Waals surface area (Å²) in [6.45, 7) is 1.98. The number of aromatic nitrogens is 3. The van der Waals surface area contributed by atoms with Crippen molar-refractivity contribution >= 4 is 11.3 Å². The molecule has 4 nitrogen and oxygen atoms in total. The highest BCUT2D eigenvalue weighted by Gasteiger charge is 2.15. The van der Waals surface area contributed by atoms with E-state index in [1.807, 2.05) is 12.3 Å². The molecule has 0 aromatic carbocycles. The van der Waals surface area contributed by atoms with Gasteiger partial charge in [-0.15, -0.1) is 11.3 Å². The number of thiazole rings is 1. The summed E-state index contributed by atoms with van der Waals surface area (Å²) < 4.78 is 0. The average molecular weight is 275 g/mol. The molecule has 0 saturated carbocycles. The Morgan fingerprint density at radius 3 is 2.89 bits per heavy atom. The Balaban J connectivity index is 1.93. The molecule has 2 aromatic rings. The van der Waals surface area contributed by atoms with E-state index in [1.54, 1.807) is 11.3 Å². The van der Waals surface area contributed by atoms with Crippen LogP contribution < -0.4 is 5.56 Å². The fourth-order valence-corrected chi connectivity index (χ4v) is 3.32. The summed E-state index contributed by atoms with van der Waals surface area (Å²) in [4.78, 5) is 24.1. The number of H-pyrrole nitrogens is 1. The van der Waals surface area contributed by atoms with Crippen LogP contribution in [0.1, 0.15) is 47.0 Å². The smallest absolute Gasteiger partial charge is 0.254 e. The third-order valence-electron chi connectivity index (χ3n) is 3.48. The van der Waals surface area contributed by atoms with Gasteiger partial charge in [-0.3, -0.25) is 4.79 Å². The topological polar surface area (TPSA) is 58.6 Å². The Kier molecular flexibility index (Phi) is 3.46. The molecule has 0 bridgehead atoms. The predicted molar refractivity (Wildman–Crippen MR) is 75.8 cm³/mol. The Bertz CT molecular complexity index is 644. The van der Waals surface area contributed by atoms with E-state index in [2.05, 4.69) is 15.0 Å². The first kappa shape index (κ1) is 12.5. The van der Waals surface area contributed by atoms with E-state index in [9.17, 15) is 4.79 Å². The lowest BCUT2D eigenvalue weighted by Gasteiger charge is -2.06. The van der Waals surface area contributed by atoms with Crippen molar-refractivity contribution in [1.82, 2.24) is 15.0 Å². The van der Waals surface area contributed by atoms with Crippen molar-refractivity contribution in [3.63, 3.8) is 0 Å². The zero-order valence-electron chi connectivity index (χ0n) is 11.0. The van der Waals surface area contributed by atoms with Gasteiger partial charge in [0.15, 0.2) is 0 Å². The van der Waals surface area contributed by atoms with Crippen molar-refractivity contribution in [2.45, 2.75) is 45.4 Å². The maximum atomic E-state index is 12.1. The lowest BCUT2D eigenvalue weighted by atomic mass is 10.1. The predicted octanol–water partition coefficient (Wildman–Crippen LogP) is 2.39. The van der Waals surface area contributed by atoms with E-state index >= 15 is 0 Å². The quantitative estimate of drug-likeness (QED) is 0.856. The van der Waals surface area contributed by atoms with Gasteiger partial charge in [0.2, 0.25) is 0 Å². The number of hydrogen-bond donors (Lipinski definition) is 1. The zero-order chi connectivity index (χ0) is 13.2. The summed E-state index contributed by atoms with van der Waals surface area (Å²) in [5.74, 6) is 0.750. The highest BCUT2D eigenvalue weighted by atomic mass is 32.1. The fraction of sp³-hybridized carbons (Fsp3) is 0.500. The van der Waals surface area contributed by atoms with Gasteiger partial charge >= 0.3 is 0 Å². The molecular weight excluding hydrogens is 258 g/mol. The lowest BCUT2D eigenvalue weighted by Crippen LogP contribution is -2.19. The molecular formula is C14H17N3OS. The Morgan fingerprint density at radius 2 is 2.11 bits per heavy atom. The van der Waals surface area contributed by atoms with Crippen LogP contribution in [0.5, 0.6) is 0 Å². The van der Waals surface area contributed by atoms with Gasteiger partial charge in [0, 0.05) is 16.6 Å². The second-order valence-electron chi connectivity index (χ2n) is 5.06. The van der Waals surface area contributed by atoms with Gasteiger partial charge in [-0.05, 0) is 32.6 Å². The van der Waals surface area contributed by atoms with Gasteiger partial charge < -0.3 is 4.98 Å². The van der Waals surface area contributed by atoms with Crippen molar-refractivity contribution in [2.24, 2.45) is 0 Å². The first-order chi connectivity index (χ1) is 9.22. The molecule has 5 heteroatoms. The van der Waals surface area contributed by atoms with Gasteiger partial charge in [0.05, 0.1) is 12.1 Å². The van der Waals surface area contributed by atoms with Gasteiger partial charge in [-0.2, -0.15) is 0 Å². The molecule has 2 aromatic heterocycles. The number of nitrogens with zero attached hydrogens (tertiary/aromatic N) is 2. The molecule has 100 valence electrons. The molecule has 2 heterocycles. The largest absolute Gasteiger partial charge is 0.310 e. The average Bonchev–Trinajstić information content (AvgIpc) is 2.64. The van der Waals surface area contributed by atoms with Crippen LogP contribution in [0.25, 0.3) is 0 Å². The van der Waals surface area contributed by atoms with Crippen LogP contribution in [0.4, 0.5) is 0 Å². The molecule has 0 saturated heterocycles. The van der Waals surface area contributed by atoms with Crippen molar-refractivity contribution in [1.29, 1.82) is 0 Å². The van der Waals surface area contributed by atoms with E-state index in [0.29, 0.717) is 6.42 Å². The second kappa shape index (κ2) is 5.25. The summed E-state index contributed by atoms with van der Waals surface area (Å²) in [6, 6.07) is 0. The number of aromatic amines is 1. The van der Waals surface area contributed by atoms with E-state index in [4.69, 9.17) is 0 Å². The molecule has 0 unspecified atom stereocenters. The molecule has 0 amide bonds. The van der Waals surface area contributed by atoms with Crippen molar-refractivity contribution in [3.8, 4) is 0 Å². The van der Waals surface area contributed by atoms with E-state index in [1.165, 1.54) is 6.42 Å². The number of hydrogen-bond acceptors (Lipinski definition) is 4. The SMILES string of the molecule is Cc1csc(Cc2nc3c(c(=O)[nH]2)CCCCC3)n1. The Morgan fingerprint density at radius 1 is 1.26 bits per heavy atom. The van der Waals surface area contributed by atoms with Crippen LogP contribution in [-0.2, 0) is 19.3 Å². The van der Waals surface area contributed by atoms with Crippen LogP contribution in [0.2, 0.25) is 0 Å². The summed E-state index contributed by atoms with van der Waals surface area (Å²) >= 11 is 1.62. The molecule has 1 N–H and O–H groups in total. The maximum absolute atomic E-state index is 12.1. The number of nitrogens with one attached hydrogen (secondary N) is 1. The van der Waals surface area contributed by atoms with Crippen molar-refractivity contribution < 1.29 is 0 Å². The second-order valence-corrected chi connectivity index (χ2v) is 6.00. The van der Waals surface area contributed by atoms with Crippen molar-refractivity contribution in [3.05, 3.63) is 43.5 Å². The van der Waals surface area contributed by atoms with Crippen LogP contribution in [0.15, 0.2) is 10.2 Å². The molecule has 0 spiro atoms. The maximum Gasteiger partial charge on any atom is 0.254 e. The van der Waals surface area contributed by atoms with E-state index in [-0.39, 0.29) is 5.56 Å². The van der Waals surface area contributed by atoms with Crippen LogP contribution in [0, 0.1) is 6.92 Å². The normalized spacial score (nSPS) is 15.0. The standard InChI is InChI=1S/C14H17N3OS/c1-9-8-19-13(15-9)7-12-16-11-6-4-2-3-5-10(11)14(18)17-12/h8H,2-7H2,1H3,(H,16,17,18). The van der Waals surface area contributed by atoms with Crippen LogP contribution >= 0.6 is 11.3 Å². The summed E-state index contributed by atoms with van der Waals surface area (Å²) in [5.41, 5.74) is 2.98. The molecule has 3 rings (SSSR count). The van der Waals surface area contributed by atoms with Crippen LogP contribution in [-0.4, -0.2) is 15.0 Å². The van der Waals surface area contributed by atoms with E-state index < -0.39 is 0 Å². The van der Waals surface area contributed by atoms with Gasteiger partial charge in [0.25, 0.3) is 5.56 Å². The minimum Gasteiger partial charge on any atom is -0.310 e. The molecule has 1 aliphatic carbocycles. The molecule has 1 aliphatic rings. The highest BCUT2D eigenvalue weighted by molar-refractivity contribution is 7.09. The molecule has 0 atom stereocenters. The molecule has 19 heavy (non-hydrogen) atoms. The minimum atomic E-state index is 0.0511. The first-order valence-electron chi connectivity index (χ1n) is 6.74. The number of aryl methyl sites for hydroxylation is 2. The molecule has 0 fully saturated rings.